The average Bonchev–Trinajstić information content (AvgIpc) is 2.96. The highest BCUT2D eigenvalue weighted by Crippen LogP contribution is 2.29. The van der Waals surface area contributed by atoms with Crippen LogP contribution < -0.4 is 5.32 Å². The molecule has 1 heterocycles. The number of aryl methyl sites for hydroxylation is 1. The molecule has 1 aliphatic carbocycles. The van der Waals surface area contributed by atoms with E-state index in [0.29, 0.717) is 0 Å². The minimum atomic E-state index is 0.813. The summed E-state index contributed by atoms with van der Waals surface area (Å²) in [6, 6.07) is 8.37. The van der Waals surface area contributed by atoms with Crippen molar-refractivity contribution >= 4 is 33.5 Å². The minimum Gasteiger partial charge on any atom is -0.370 e. The molecule has 3 nitrogen and oxygen atoms in total. The van der Waals surface area contributed by atoms with Crippen molar-refractivity contribution in [1.82, 2.24) is 9.97 Å². The zero-order valence-electron chi connectivity index (χ0n) is 12.0. The van der Waals surface area contributed by atoms with Crippen LogP contribution in [0.3, 0.4) is 0 Å². The van der Waals surface area contributed by atoms with Crippen LogP contribution in [0, 0.1) is 0 Å². The number of benzene rings is 1. The maximum absolute atomic E-state index is 4.75. The second-order valence-corrected chi connectivity index (χ2v) is 7.00. The molecule has 1 N–H and O–H groups in total. The van der Waals surface area contributed by atoms with E-state index >= 15 is 0 Å². The van der Waals surface area contributed by atoms with Crippen molar-refractivity contribution < 1.29 is 0 Å². The fraction of sp³-hybridized carbons (Fsp3) is 0.375. The molecule has 110 valence electrons. The summed E-state index contributed by atoms with van der Waals surface area (Å²) in [6.07, 6.45) is 3.40. The summed E-state index contributed by atoms with van der Waals surface area (Å²) < 4.78 is 1.11. The van der Waals surface area contributed by atoms with Gasteiger partial charge in [-0.25, -0.2) is 9.97 Å². The second-order valence-electron chi connectivity index (χ2n) is 5.04. The molecule has 1 aromatic carbocycles. The number of rotatable bonds is 5. The van der Waals surface area contributed by atoms with E-state index in [4.69, 9.17) is 9.97 Å². The number of nitrogens with one attached hydrogen (secondary N) is 1. The Morgan fingerprint density at radius 2 is 2.00 bits per heavy atom. The highest BCUT2D eigenvalue weighted by Gasteiger charge is 2.18. The number of aromatic nitrogens is 2. The van der Waals surface area contributed by atoms with Gasteiger partial charge < -0.3 is 5.32 Å². The lowest BCUT2D eigenvalue weighted by Crippen LogP contribution is -2.08. The topological polar surface area (TPSA) is 37.8 Å². The van der Waals surface area contributed by atoms with Crippen molar-refractivity contribution in [2.75, 3.05) is 11.9 Å². The Morgan fingerprint density at radius 3 is 2.76 bits per heavy atom. The summed E-state index contributed by atoms with van der Waals surface area (Å²) >= 11 is 5.24. The van der Waals surface area contributed by atoms with Crippen LogP contribution in [0.25, 0.3) is 0 Å². The largest absolute Gasteiger partial charge is 0.370 e. The summed E-state index contributed by atoms with van der Waals surface area (Å²) in [4.78, 5) is 10.7. The number of nitrogens with zero attached hydrogens (tertiary/aromatic N) is 2. The fourth-order valence-electron chi connectivity index (χ4n) is 2.54. The molecular formula is C16H18BrN3S. The van der Waals surface area contributed by atoms with Gasteiger partial charge in [-0.05, 0) is 50.5 Å². The Labute approximate surface area is 138 Å². The zero-order chi connectivity index (χ0) is 14.7. The molecule has 1 aromatic heterocycles. The monoisotopic (exact) mass is 363 g/mol. The van der Waals surface area contributed by atoms with Gasteiger partial charge in [0.25, 0.3) is 0 Å². The van der Waals surface area contributed by atoms with E-state index in [-0.39, 0.29) is 0 Å². The Bertz CT molecular complexity index is 628. The maximum atomic E-state index is 4.75. The molecule has 1 aliphatic rings. The number of thioether (sulfide) groups is 1. The second kappa shape index (κ2) is 6.79. The molecule has 0 aliphatic heterocycles. The predicted octanol–water partition coefficient (Wildman–Crippen LogP) is 4.45. The van der Waals surface area contributed by atoms with E-state index in [2.05, 4.69) is 52.4 Å². The highest BCUT2D eigenvalue weighted by molar-refractivity contribution is 9.10. The van der Waals surface area contributed by atoms with Crippen molar-refractivity contribution in [3.63, 3.8) is 0 Å². The lowest BCUT2D eigenvalue weighted by molar-refractivity contribution is 0.893. The summed E-state index contributed by atoms with van der Waals surface area (Å²) in [6.45, 7) is 3.02. The summed E-state index contributed by atoms with van der Waals surface area (Å²) in [5.74, 6) is 2.79. The minimum absolute atomic E-state index is 0.813. The van der Waals surface area contributed by atoms with Crippen molar-refractivity contribution in [3.8, 4) is 0 Å². The summed E-state index contributed by atoms with van der Waals surface area (Å²) in [5.41, 5.74) is 2.57. The maximum Gasteiger partial charge on any atom is 0.141 e. The van der Waals surface area contributed by atoms with E-state index in [1.165, 1.54) is 22.6 Å². The molecule has 0 saturated heterocycles. The first-order chi connectivity index (χ1) is 10.3. The van der Waals surface area contributed by atoms with Crippen LogP contribution >= 0.6 is 27.7 Å². The van der Waals surface area contributed by atoms with Gasteiger partial charge in [-0.2, -0.15) is 0 Å². The highest BCUT2D eigenvalue weighted by atomic mass is 79.9. The molecule has 0 radical (unpaired) electrons. The van der Waals surface area contributed by atoms with Crippen molar-refractivity contribution in [3.05, 3.63) is 45.8 Å². The molecule has 0 saturated carbocycles. The van der Waals surface area contributed by atoms with Crippen molar-refractivity contribution in [1.29, 1.82) is 0 Å². The van der Waals surface area contributed by atoms with E-state index in [1.54, 1.807) is 11.8 Å². The first-order valence-electron chi connectivity index (χ1n) is 7.27. The van der Waals surface area contributed by atoms with Crippen LogP contribution in [0.4, 0.5) is 5.82 Å². The van der Waals surface area contributed by atoms with Crippen LogP contribution in [-0.4, -0.2) is 16.5 Å². The van der Waals surface area contributed by atoms with Crippen LogP contribution in [-0.2, 0) is 18.6 Å². The average molecular weight is 364 g/mol. The normalized spacial score (nSPS) is 13.2. The lowest BCUT2D eigenvalue weighted by Gasteiger charge is -2.10. The molecule has 0 unspecified atom stereocenters. The number of anilines is 1. The van der Waals surface area contributed by atoms with Gasteiger partial charge >= 0.3 is 0 Å². The van der Waals surface area contributed by atoms with Crippen LogP contribution in [0.15, 0.2) is 33.6 Å². The van der Waals surface area contributed by atoms with Gasteiger partial charge in [0.2, 0.25) is 0 Å². The SMILES string of the molecule is CCNc1nc(CSc2ccc(Br)cc2)nc2c1CCC2. The van der Waals surface area contributed by atoms with Gasteiger partial charge in [0.1, 0.15) is 11.6 Å². The number of hydrogen-bond donors (Lipinski definition) is 1. The molecular weight excluding hydrogens is 346 g/mol. The van der Waals surface area contributed by atoms with Crippen molar-refractivity contribution in [2.45, 2.75) is 36.8 Å². The molecule has 0 atom stereocenters. The lowest BCUT2D eigenvalue weighted by atomic mass is 10.2. The van der Waals surface area contributed by atoms with Crippen LogP contribution in [0.5, 0.6) is 0 Å². The van der Waals surface area contributed by atoms with Gasteiger partial charge in [-0.1, -0.05) is 15.9 Å². The first kappa shape index (κ1) is 14.9. The van der Waals surface area contributed by atoms with Gasteiger partial charge in [-0.15, -0.1) is 11.8 Å². The van der Waals surface area contributed by atoms with E-state index < -0.39 is 0 Å². The molecule has 3 rings (SSSR count). The molecule has 5 heteroatoms. The van der Waals surface area contributed by atoms with Gasteiger partial charge in [0.05, 0.1) is 5.75 Å². The third-order valence-electron chi connectivity index (χ3n) is 3.51. The van der Waals surface area contributed by atoms with E-state index in [1.807, 2.05) is 0 Å². The summed E-state index contributed by atoms with van der Waals surface area (Å²) in [5, 5.41) is 3.39. The quantitative estimate of drug-likeness (QED) is 0.796. The number of hydrogen-bond acceptors (Lipinski definition) is 4. The Hall–Kier alpha value is -1.07. The van der Waals surface area contributed by atoms with E-state index in [0.717, 1.165) is 41.3 Å². The summed E-state index contributed by atoms with van der Waals surface area (Å²) in [7, 11) is 0. The first-order valence-corrected chi connectivity index (χ1v) is 9.05. The van der Waals surface area contributed by atoms with E-state index in [9.17, 15) is 0 Å². The molecule has 2 aromatic rings. The number of halogens is 1. The third-order valence-corrected chi connectivity index (χ3v) is 5.04. The standard InChI is InChI=1S/C16H18BrN3S/c1-2-18-16-13-4-3-5-14(13)19-15(20-16)10-21-12-8-6-11(17)7-9-12/h6-9H,2-5,10H2,1H3,(H,18,19,20). The van der Waals surface area contributed by atoms with Crippen molar-refractivity contribution in [2.24, 2.45) is 0 Å². The van der Waals surface area contributed by atoms with Crippen LogP contribution in [0.1, 0.15) is 30.4 Å². The smallest absolute Gasteiger partial charge is 0.141 e. The molecule has 0 bridgehead atoms. The fourth-order valence-corrected chi connectivity index (χ4v) is 3.56. The van der Waals surface area contributed by atoms with Gasteiger partial charge in [0.15, 0.2) is 0 Å². The Kier molecular flexibility index (Phi) is 4.80. The van der Waals surface area contributed by atoms with Gasteiger partial charge in [0, 0.05) is 27.2 Å². The van der Waals surface area contributed by atoms with Gasteiger partial charge in [-0.3, -0.25) is 0 Å². The predicted molar refractivity (Wildman–Crippen MR) is 91.9 cm³/mol. The Balaban J connectivity index is 1.76. The molecule has 0 fully saturated rings. The van der Waals surface area contributed by atoms with Crippen LogP contribution in [0.2, 0.25) is 0 Å². The third kappa shape index (κ3) is 3.58. The molecule has 0 amide bonds. The molecule has 0 spiro atoms. The zero-order valence-corrected chi connectivity index (χ0v) is 14.4. The number of fused-ring (bicyclic) bond motifs is 1. The Morgan fingerprint density at radius 1 is 1.19 bits per heavy atom. The molecule has 21 heavy (non-hydrogen) atoms.